The Kier molecular flexibility index (Phi) is 5.26. The summed E-state index contributed by atoms with van der Waals surface area (Å²) in [7, 11) is 0. The van der Waals surface area contributed by atoms with Crippen LogP contribution in [0.1, 0.15) is 32.8 Å². The molecule has 1 aromatic rings. The number of rotatable bonds is 4. The maximum absolute atomic E-state index is 12.3. The van der Waals surface area contributed by atoms with E-state index in [-0.39, 0.29) is 12.5 Å². The first kappa shape index (κ1) is 17.3. The van der Waals surface area contributed by atoms with Crippen molar-refractivity contribution in [1.29, 1.82) is 0 Å². The normalized spacial score (nSPS) is 17.4. The molecular weight excluding hydrogens is 296 g/mol. The smallest absolute Gasteiger partial charge is 0.410 e. The summed E-state index contributed by atoms with van der Waals surface area (Å²) in [6.07, 6.45) is 0.705. The summed E-state index contributed by atoms with van der Waals surface area (Å²) in [6.45, 7) is 5.98. The Balaban J connectivity index is 1.95. The molecule has 1 aliphatic rings. The van der Waals surface area contributed by atoms with Crippen molar-refractivity contribution in [2.75, 3.05) is 18.5 Å². The number of carbonyl (C=O) groups is 2. The molecule has 2 N–H and O–H groups in total. The molecule has 0 saturated carbocycles. The van der Waals surface area contributed by atoms with E-state index in [2.05, 4.69) is 5.32 Å². The van der Waals surface area contributed by atoms with Crippen molar-refractivity contribution in [2.45, 2.75) is 45.3 Å². The van der Waals surface area contributed by atoms with Crippen LogP contribution in [-0.2, 0) is 16.0 Å². The predicted octanol–water partition coefficient (Wildman–Crippen LogP) is 2.17. The van der Waals surface area contributed by atoms with Crippen LogP contribution in [0.5, 0.6) is 0 Å². The molecule has 0 spiro atoms. The van der Waals surface area contributed by atoms with E-state index >= 15 is 0 Å². The van der Waals surface area contributed by atoms with Gasteiger partial charge in [0.25, 0.3) is 0 Å². The number of anilines is 1. The predicted molar refractivity (Wildman–Crippen MR) is 87.2 cm³/mol. The second kappa shape index (κ2) is 7.00. The Hall–Kier alpha value is -2.08. The lowest BCUT2D eigenvalue weighted by molar-refractivity contribution is -0.125. The largest absolute Gasteiger partial charge is 0.444 e. The Morgan fingerprint density at radius 1 is 1.39 bits per heavy atom. The van der Waals surface area contributed by atoms with Gasteiger partial charge >= 0.3 is 6.09 Å². The van der Waals surface area contributed by atoms with Gasteiger partial charge in [-0.3, -0.25) is 9.69 Å². The van der Waals surface area contributed by atoms with E-state index in [9.17, 15) is 9.59 Å². The summed E-state index contributed by atoms with van der Waals surface area (Å²) in [5, 5.41) is 11.8. The summed E-state index contributed by atoms with van der Waals surface area (Å²) in [5.74, 6) is -0.219. The Labute approximate surface area is 136 Å². The molecule has 1 saturated heterocycles. The zero-order valence-corrected chi connectivity index (χ0v) is 13.8. The standard InChI is InChI=1S/C17H24N2O4/c1-17(2,3)23-16(22)19-9-7-14(19)15(21)18-13-6-4-5-12(11-13)8-10-20/h4-6,11,14,20H,7-10H2,1-3H3,(H,18,21)/t14-/m1/s1. The highest BCUT2D eigenvalue weighted by molar-refractivity contribution is 5.97. The van der Waals surface area contributed by atoms with Crippen LogP contribution < -0.4 is 5.32 Å². The highest BCUT2D eigenvalue weighted by Crippen LogP contribution is 2.23. The third-order valence-electron chi connectivity index (χ3n) is 3.55. The summed E-state index contributed by atoms with van der Waals surface area (Å²) in [4.78, 5) is 25.8. The number of nitrogens with one attached hydrogen (secondary N) is 1. The Morgan fingerprint density at radius 2 is 2.13 bits per heavy atom. The minimum atomic E-state index is -0.577. The summed E-state index contributed by atoms with van der Waals surface area (Å²) >= 11 is 0. The van der Waals surface area contributed by atoms with E-state index in [4.69, 9.17) is 9.84 Å². The van der Waals surface area contributed by atoms with Crippen molar-refractivity contribution >= 4 is 17.7 Å². The number of hydrogen-bond acceptors (Lipinski definition) is 4. The highest BCUT2D eigenvalue weighted by Gasteiger charge is 2.39. The number of hydrogen-bond donors (Lipinski definition) is 2. The second-order valence-corrected chi connectivity index (χ2v) is 6.64. The van der Waals surface area contributed by atoms with Gasteiger partial charge in [-0.2, -0.15) is 0 Å². The first-order chi connectivity index (χ1) is 10.8. The van der Waals surface area contributed by atoms with Crippen molar-refractivity contribution in [3.05, 3.63) is 29.8 Å². The van der Waals surface area contributed by atoms with Gasteiger partial charge in [0, 0.05) is 18.8 Å². The lowest BCUT2D eigenvalue weighted by Crippen LogP contribution is -2.57. The lowest BCUT2D eigenvalue weighted by atomic mass is 10.0. The summed E-state index contributed by atoms with van der Waals surface area (Å²) in [5.41, 5.74) is 1.03. The van der Waals surface area contributed by atoms with Gasteiger partial charge in [0.15, 0.2) is 0 Å². The number of amides is 2. The van der Waals surface area contributed by atoms with Crippen LogP contribution in [0.2, 0.25) is 0 Å². The molecule has 1 heterocycles. The molecule has 0 radical (unpaired) electrons. The number of aliphatic hydroxyl groups excluding tert-OH is 1. The van der Waals surface area contributed by atoms with E-state index in [1.807, 2.05) is 18.2 Å². The maximum Gasteiger partial charge on any atom is 0.410 e. The number of nitrogens with zero attached hydrogens (tertiary/aromatic N) is 1. The van der Waals surface area contributed by atoms with Gasteiger partial charge in [0.2, 0.25) is 5.91 Å². The Bertz CT molecular complexity index is 580. The highest BCUT2D eigenvalue weighted by atomic mass is 16.6. The monoisotopic (exact) mass is 320 g/mol. The van der Waals surface area contributed by atoms with Crippen molar-refractivity contribution in [1.82, 2.24) is 4.90 Å². The molecule has 23 heavy (non-hydrogen) atoms. The third kappa shape index (κ3) is 4.69. The van der Waals surface area contributed by atoms with Gasteiger partial charge in [0.05, 0.1) is 0 Å². The third-order valence-corrected chi connectivity index (χ3v) is 3.55. The summed E-state index contributed by atoms with van der Waals surface area (Å²) in [6, 6.07) is 6.83. The van der Waals surface area contributed by atoms with Gasteiger partial charge in [-0.05, 0) is 51.3 Å². The molecule has 0 bridgehead atoms. The first-order valence-corrected chi connectivity index (χ1v) is 7.80. The van der Waals surface area contributed by atoms with Crippen molar-refractivity contribution in [3.8, 4) is 0 Å². The van der Waals surface area contributed by atoms with E-state index in [1.54, 1.807) is 26.8 Å². The van der Waals surface area contributed by atoms with Crippen LogP contribution in [0.25, 0.3) is 0 Å². The maximum atomic E-state index is 12.3. The van der Waals surface area contributed by atoms with Gasteiger partial charge in [0.1, 0.15) is 11.6 Å². The quantitative estimate of drug-likeness (QED) is 0.891. The number of ether oxygens (including phenoxy) is 1. The van der Waals surface area contributed by atoms with E-state index in [1.165, 1.54) is 4.90 Å². The van der Waals surface area contributed by atoms with Crippen molar-refractivity contribution in [3.63, 3.8) is 0 Å². The molecule has 1 fully saturated rings. The molecular formula is C17H24N2O4. The number of aliphatic hydroxyl groups is 1. The zero-order chi connectivity index (χ0) is 17.0. The molecule has 6 heteroatoms. The molecule has 6 nitrogen and oxygen atoms in total. The van der Waals surface area contributed by atoms with Gasteiger partial charge in [-0.15, -0.1) is 0 Å². The number of carbonyl (C=O) groups excluding carboxylic acids is 2. The SMILES string of the molecule is CC(C)(C)OC(=O)N1CC[C@@H]1C(=O)Nc1cccc(CCO)c1. The minimum Gasteiger partial charge on any atom is -0.444 e. The van der Waals surface area contributed by atoms with Crippen LogP contribution in [0.3, 0.4) is 0 Å². The molecule has 0 aliphatic carbocycles. The fourth-order valence-corrected chi connectivity index (χ4v) is 2.36. The fourth-order valence-electron chi connectivity index (χ4n) is 2.36. The van der Waals surface area contributed by atoms with Crippen LogP contribution in [0.15, 0.2) is 24.3 Å². The van der Waals surface area contributed by atoms with Crippen LogP contribution in [0, 0.1) is 0 Å². The zero-order valence-electron chi connectivity index (χ0n) is 13.8. The Morgan fingerprint density at radius 3 is 2.70 bits per heavy atom. The average Bonchev–Trinajstić information content (AvgIpc) is 2.35. The molecule has 2 amide bonds. The molecule has 0 unspecified atom stereocenters. The second-order valence-electron chi connectivity index (χ2n) is 6.64. The van der Waals surface area contributed by atoms with E-state index in [0.717, 1.165) is 5.56 Å². The van der Waals surface area contributed by atoms with Crippen LogP contribution >= 0.6 is 0 Å². The fraction of sp³-hybridized carbons (Fsp3) is 0.529. The molecule has 2 rings (SSSR count). The number of likely N-dealkylation sites (tertiary alicyclic amines) is 1. The van der Waals surface area contributed by atoms with Crippen molar-refractivity contribution in [2.24, 2.45) is 0 Å². The lowest BCUT2D eigenvalue weighted by Gasteiger charge is -2.40. The minimum absolute atomic E-state index is 0.0620. The average molecular weight is 320 g/mol. The van der Waals surface area contributed by atoms with Crippen molar-refractivity contribution < 1.29 is 19.4 Å². The van der Waals surface area contributed by atoms with Gasteiger partial charge < -0.3 is 15.2 Å². The molecule has 126 valence electrons. The van der Waals surface area contributed by atoms with Crippen LogP contribution in [-0.4, -0.2) is 46.8 Å². The van der Waals surface area contributed by atoms with E-state index in [0.29, 0.717) is 25.1 Å². The first-order valence-electron chi connectivity index (χ1n) is 7.80. The van der Waals surface area contributed by atoms with Gasteiger partial charge in [-0.25, -0.2) is 4.79 Å². The number of benzene rings is 1. The van der Waals surface area contributed by atoms with E-state index < -0.39 is 17.7 Å². The topological polar surface area (TPSA) is 78.9 Å². The van der Waals surface area contributed by atoms with Gasteiger partial charge in [-0.1, -0.05) is 12.1 Å². The molecule has 1 aliphatic heterocycles. The molecule has 1 atom stereocenters. The summed E-state index contributed by atoms with van der Waals surface area (Å²) < 4.78 is 5.30. The van der Waals surface area contributed by atoms with Crippen LogP contribution in [0.4, 0.5) is 10.5 Å². The molecule has 0 aromatic heterocycles. The molecule has 1 aromatic carbocycles.